The molecule has 138 valence electrons. The highest BCUT2D eigenvalue weighted by Crippen LogP contribution is 2.29. The third kappa shape index (κ3) is 4.29. The van der Waals surface area contributed by atoms with Crippen molar-refractivity contribution in [1.29, 1.82) is 5.26 Å². The summed E-state index contributed by atoms with van der Waals surface area (Å²) in [7, 11) is 0. The molecule has 1 aliphatic rings. The topological polar surface area (TPSA) is 71.5 Å². The van der Waals surface area contributed by atoms with Gasteiger partial charge in [0.1, 0.15) is 17.6 Å². The van der Waals surface area contributed by atoms with Crippen LogP contribution in [0.15, 0.2) is 28.7 Å². The van der Waals surface area contributed by atoms with E-state index in [1.54, 1.807) is 0 Å². The number of oxazole rings is 1. The van der Waals surface area contributed by atoms with Gasteiger partial charge in [-0.25, -0.2) is 0 Å². The van der Waals surface area contributed by atoms with Gasteiger partial charge in [-0.15, -0.1) is 0 Å². The lowest BCUT2D eigenvalue weighted by atomic mass is 9.92. The molecule has 2 aromatic rings. The summed E-state index contributed by atoms with van der Waals surface area (Å²) in [5, 5.41) is 9.41. The van der Waals surface area contributed by atoms with Gasteiger partial charge < -0.3 is 18.8 Å². The average molecular weight is 355 g/mol. The molecule has 1 saturated heterocycles. The molecule has 0 N–H and O–H groups in total. The molecule has 3 rings (SSSR count). The Bertz CT molecular complexity index is 754. The summed E-state index contributed by atoms with van der Waals surface area (Å²) in [5.41, 5.74) is 0.330. The number of hydrogen-bond donors (Lipinski definition) is 0. The van der Waals surface area contributed by atoms with Crippen molar-refractivity contribution in [2.45, 2.75) is 33.8 Å². The molecule has 6 heteroatoms. The second-order valence-corrected chi connectivity index (χ2v) is 6.92. The van der Waals surface area contributed by atoms with E-state index in [4.69, 9.17) is 13.9 Å². The first-order valence-electron chi connectivity index (χ1n) is 9.09. The van der Waals surface area contributed by atoms with E-state index in [9.17, 15) is 5.26 Å². The second-order valence-electron chi connectivity index (χ2n) is 6.92. The van der Waals surface area contributed by atoms with E-state index in [0.717, 1.165) is 18.8 Å². The van der Waals surface area contributed by atoms with Gasteiger partial charge in [0.2, 0.25) is 17.5 Å². The zero-order chi connectivity index (χ0) is 18.5. The van der Waals surface area contributed by atoms with E-state index in [2.05, 4.69) is 29.8 Å². The minimum absolute atomic E-state index is 0.182. The highest BCUT2D eigenvalue weighted by Gasteiger charge is 2.27. The maximum absolute atomic E-state index is 9.41. The Hall–Kier alpha value is -2.68. The van der Waals surface area contributed by atoms with E-state index in [0.29, 0.717) is 41.7 Å². The largest absolute Gasteiger partial charge is 0.494 e. The Kier molecular flexibility index (Phi) is 5.67. The molecular weight excluding hydrogens is 330 g/mol. The monoisotopic (exact) mass is 355 g/mol. The molecular formula is C20H25N3O3. The lowest BCUT2D eigenvalue weighted by molar-refractivity contribution is 0.260. The molecule has 1 aliphatic heterocycles. The zero-order valence-corrected chi connectivity index (χ0v) is 15.6. The first kappa shape index (κ1) is 18.1. The molecule has 0 saturated carbocycles. The Morgan fingerprint density at radius 3 is 2.35 bits per heavy atom. The summed E-state index contributed by atoms with van der Waals surface area (Å²) in [6, 6.07) is 9.54. The van der Waals surface area contributed by atoms with Crippen molar-refractivity contribution in [3.05, 3.63) is 35.9 Å². The lowest BCUT2D eigenvalue weighted by Crippen LogP contribution is -2.38. The van der Waals surface area contributed by atoms with Gasteiger partial charge in [0.25, 0.3) is 0 Å². The van der Waals surface area contributed by atoms with Gasteiger partial charge in [0.05, 0.1) is 6.61 Å². The molecule has 0 radical (unpaired) electrons. The van der Waals surface area contributed by atoms with Crippen molar-refractivity contribution >= 4 is 5.88 Å². The molecule has 2 heterocycles. The quantitative estimate of drug-likeness (QED) is 0.780. The molecule has 0 aliphatic carbocycles. The number of piperidine rings is 1. The number of nitriles is 1. The standard InChI is InChI=1S/C20H25N3O3/c1-4-24-16-5-7-17(8-6-16)25-13-19-22-18(10-21)20(26-19)23-11-14(2)9-15(3)12-23/h5-8,14-15H,4,9,11-13H2,1-3H3. The highest BCUT2D eigenvalue weighted by molar-refractivity contribution is 5.48. The molecule has 2 unspecified atom stereocenters. The maximum Gasteiger partial charge on any atom is 0.236 e. The molecule has 6 nitrogen and oxygen atoms in total. The van der Waals surface area contributed by atoms with Gasteiger partial charge >= 0.3 is 0 Å². The number of anilines is 1. The predicted molar refractivity (Wildman–Crippen MR) is 98.3 cm³/mol. The molecule has 2 atom stereocenters. The summed E-state index contributed by atoms with van der Waals surface area (Å²) >= 11 is 0. The summed E-state index contributed by atoms with van der Waals surface area (Å²) in [6.45, 7) is 8.97. The molecule has 0 spiro atoms. The Labute approximate surface area is 154 Å². The summed E-state index contributed by atoms with van der Waals surface area (Å²) in [5.74, 6) is 3.62. The van der Waals surface area contributed by atoms with Crippen LogP contribution in [0, 0.1) is 23.2 Å². The minimum Gasteiger partial charge on any atom is -0.494 e. The van der Waals surface area contributed by atoms with Crippen LogP contribution < -0.4 is 14.4 Å². The van der Waals surface area contributed by atoms with Crippen molar-refractivity contribution in [2.75, 3.05) is 24.6 Å². The maximum atomic E-state index is 9.41. The van der Waals surface area contributed by atoms with Crippen molar-refractivity contribution in [1.82, 2.24) is 4.98 Å². The number of hydrogen-bond acceptors (Lipinski definition) is 6. The second kappa shape index (κ2) is 8.13. The third-order valence-electron chi connectivity index (χ3n) is 4.41. The molecule has 1 aromatic heterocycles. The van der Waals surface area contributed by atoms with Gasteiger partial charge in [-0.1, -0.05) is 13.8 Å². The van der Waals surface area contributed by atoms with Gasteiger partial charge in [0, 0.05) is 13.1 Å². The van der Waals surface area contributed by atoms with Crippen LogP contribution in [0.4, 0.5) is 5.88 Å². The van der Waals surface area contributed by atoms with Crippen molar-refractivity contribution in [2.24, 2.45) is 11.8 Å². The van der Waals surface area contributed by atoms with Crippen molar-refractivity contribution in [3.8, 4) is 17.6 Å². The Morgan fingerprint density at radius 2 is 1.77 bits per heavy atom. The summed E-state index contributed by atoms with van der Waals surface area (Å²) < 4.78 is 17.0. The number of rotatable bonds is 6. The first-order valence-corrected chi connectivity index (χ1v) is 9.09. The van der Waals surface area contributed by atoms with Crippen LogP contribution in [-0.2, 0) is 6.61 Å². The molecule has 1 aromatic carbocycles. The molecule has 1 fully saturated rings. The van der Waals surface area contributed by atoms with Crippen LogP contribution in [0.3, 0.4) is 0 Å². The Balaban J connectivity index is 1.67. The van der Waals surface area contributed by atoms with E-state index in [1.165, 1.54) is 6.42 Å². The Morgan fingerprint density at radius 1 is 1.15 bits per heavy atom. The predicted octanol–water partition coefficient (Wildman–Crippen LogP) is 4.01. The average Bonchev–Trinajstić information content (AvgIpc) is 3.04. The van der Waals surface area contributed by atoms with Crippen molar-refractivity contribution < 1.29 is 13.9 Å². The number of ether oxygens (including phenoxy) is 2. The molecule has 26 heavy (non-hydrogen) atoms. The van der Waals surface area contributed by atoms with E-state index < -0.39 is 0 Å². The van der Waals surface area contributed by atoms with Gasteiger partial charge in [-0.2, -0.15) is 10.2 Å². The fraction of sp³-hybridized carbons (Fsp3) is 0.500. The van der Waals surface area contributed by atoms with Crippen LogP contribution in [0.2, 0.25) is 0 Å². The van der Waals surface area contributed by atoms with Crippen LogP contribution in [0.5, 0.6) is 11.5 Å². The highest BCUT2D eigenvalue weighted by atomic mass is 16.5. The van der Waals surface area contributed by atoms with Gasteiger partial charge in [-0.05, 0) is 49.4 Å². The summed E-state index contributed by atoms with van der Waals surface area (Å²) in [6.07, 6.45) is 1.19. The summed E-state index contributed by atoms with van der Waals surface area (Å²) in [4.78, 5) is 6.43. The first-order chi connectivity index (χ1) is 12.6. The van der Waals surface area contributed by atoms with E-state index >= 15 is 0 Å². The fourth-order valence-electron chi connectivity index (χ4n) is 3.48. The van der Waals surface area contributed by atoms with Crippen LogP contribution in [-0.4, -0.2) is 24.7 Å². The van der Waals surface area contributed by atoms with E-state index in [1.807, 2.05) is 31.2 Å². The molecule has 0 amide bonds. The van der Waals surface area contributed by atoms with Gasteiger partial charge in [-0.3, -0.25) is 0 Å². The van der Waals surface area contributed by atoms with Gasteiger partial charge in [0.15, 0.2) is 6.61 Å². The zero-order valence-electron chi connectivity index (χ0n) is 15.6. The van der Waals surface area contributed by atoms with E-state index in [-0.39, 0.29) is 6.61 Å². The van der Waals surface area contributed by atoms with Crippen LogP contribution in [0.25, 0.3) is 0 Å². The number of aromatic nitrogens is 1. The molecule has 0 bridgehead atoms. The van der Waals surface area contributed by atoms with Crippen LogP contribution >= 0.6 is 0 Å². The normalized spacial score (nSPS) is 19.8. The number of benzene rings is 1. The SMILES string of the molecule is CCOc1ccc(OCc2nc(C#N)c(N3CC(C)CC(C)C3)o2)cc1. The smallest absolute Gasteiger partial charge is 0.236 e. The van der Waals surface area contributed by atoms with Crippen molar-refractivity contribution in [3.63, 3.8) is 0 Å². The third-order valence-corrected chi connectivity index (χ3v) is 4.41. The minimum atomic E-state index is 0.182. The van der Waals surface area contributed by atoms with Crippen LogP contribution in [0.1, 0.15) is 38.8 Å². The fourth-order valence-corrected chi connectivity index (χ4v) is 3.48. The number of nitrogens with zero attached hydrogens (tertiary/aromatic N) is 3. The lowest BCUT2D eigenvalue weighted by Gasteiger charge is -2.34.